The molecule has 3 rings (SSSR count). The van der Waals surface area contributed by atoms with Gasteiger partial charge in [0.25, 0.3) is 0 Å². The Hall–Kier alpha value is -1.46. The van der Waals surface area contributed by atoms with Gasteiger partial charge in [0.15, 0.2) is 12.2 Å². The maximum absolute atomic E-state index is 5.39. The molecule has 0 aliphatic carbocycles. The molecule has 0 aromatic carbocycles. The molecule has 160 valence electrons. The zero-order valence-corrected chi connectivity index (χ0v) is 17.1. The number of nitrogens with zero attached hydrogens (tertiary/aromatic N) is 4. The topological polar surface area (TPSA) is 97.8 Å². The monoisotopic (exact) mass is 396 g/mol. The van der Waals surface area contributed by atoms with Crippen LogP contribution in [0.15, 0.2) is 9.98 Å². The van der Waals surface area contributed by atoms with Crippen LogP contribution in [0.5, 0.6) is 0 Å². The number of guanidine groups is 2. The van der Waals surface area contributed by atoms with Gasteiger partial charge in [-0.2, -0.15) is 0 Å². The number of rotatable bonds is 9. The quantitative estimate of drug-likeness (QED) is 0.347. The molecule has 3 aliphatic rings. The van der Waals surface area contributed by atoms with E-state index in [9.17, 15) is 0 Å². The van der Waals surface area contributed by atoms with Gasteiger partial charge in [-0.25, -0.2) is 0 Å². The van der Waals surface area contributed by atoms with Crippen molar-refractivity contribution in [3.63, 3.8) is 0 Å². The molecule has 3 saturated heterocycles. The lowest BCUT2D eigenvalue weighted by atomic mass is 10.3. The van der Waals surface area contributed by atoms with Crippen LogP contribution in [-0.4, -0.2) is 114 Å². The first-order valence-corrected chi connectivity index (χ1v) is 10.5. The summed E-state index contributed by atoms with van der Waals surface area (Å²) in [6.45, 7) is 11.4. The first-order valence-electron chi connectivity index (χ1n) is 10.5. The second kappa shape index (κ2) is 12.2. The fourth-order valence-corrected chi connectivity index (χ4v) is 3.49. The van der Waals surface area contributed by atoms with Crippen LogP contribution in [-0.2, 0) is 9.47 Å². The van der Waals surface area contributed by atoms with E-state index in [1.54, 1.807) is 7.05 Å². The third-order valence-electron chi connectivity index (χ3n) is 5.13. The number of hydrogen-bond donors (Lipinski definition) is 4. The summed E-state index contributed by atoms with van der Waals surface area (Å²) in [5.74, 6) is 1.50. The summed E-state index contributed by atoms with van der Waals surface area (Å²) in [5, 5.41) is 13.3. The Balaban J connectivity index is 1.34. The lowest BCUT2D eigenvalue weighted by molar-refractivity contribution is 0.0373. The molecule has 0 aromatic heterocycles. The Kier molecular flexibility index (Phi) is 9.24. The predicted octanol–water partition coefficient (Wildman–Crippen LogP) is -1.57. The fraction of sp³-hybridized carbons (Fsp3) is 0.889. The van der Waals surface area contributed by atoms with E-state index in [-0.39, 0.29) is 6.29 Å². The maximum Gasteiger partial charge on any atom is 0.200 e. The van der Waals surface area contributed by atoms with Crippen LogP contribution in [0.25, 0.3) is 0 Å². The minimum Gasteiger partial charge on any atom is -0.379 e. The molecule has 3 heterocycles. The molecular formula is C18H36N8O2. The average molecular weight is 397 g/mol. The highest BCUT2D eigenvalue weighted by atomic mass is 16.5. The van der Waals surface area contributed by atoms with Crippen molar-refractivity contribution in [1.29, 1.82) is 0 Å². The highest BCUT2D eigenvalue weighted by molar-refractivity contribution is 6.00. The van der Waals surface area contributed by atoms with Crippen LogP contribution in [0.1, 0.15) is 12.8 Å². The Labute approximate surface area is 168 Å². The highest BCUT2D eigenvalue weighted by Crippen LogP contribution is 1.99. The first-order chi connectivity index (χ1) is 13.8. The van der Waals surface area contributed by atoms with E-state index >= 15 is 0 Å². The van der Waals surface area contributed by atoms with E-state index in [0.29, 0.717) is 0 Å². The van der Waals surface area contributed by atoms with Crippen LogP contribution in [0, 0.1) is 0 Å². The number of morpholine rings is 2. The first kappa shape index (κ1) is 21.3. The van der Waals surface area contributed by atoms with Gasteiger partial charge in [-0.1, -0.05) is 0 Å². The summed E-state index contributed by atoms with van der Waals surface area (Å²) in [6.07, 6.45) is 2.07. The van der Waals surface area contributed by atoms with Crippen molar-refractivity contribution in [3.8, 4) is 0 Å². The lowest BCUT2D eigenvalue weighted by Crippen LogP contribution is -2.68. The fourth-order valence-electron chi connectivity index (χ4n) is 3.49. The van der Waals surface area contributed by atoms with Crippen molar-refractivity contribution in [1.82, 2.24) is 31.1 Å². The van der Waals surface area contributed by atoms with Crippen LogP contribution >= 0.6 is 0 Å². The van der Waals surface area contributed by atoms with Crippen molar-refractivity contribution in [2.45, 2.75) is 19.1 Å². The Morgan fingerprint density at radius 3 is 2.18 bits per heavy atom. The summed E-state index contributed by atoms with van der Waals surface area (Å²) in [5.41, 5.74) is 0. The minimum atomic E-state index is -0.0670. The lowest BCUT2D eigenvalue weighted by Gasteiger charge is -2.31. The van der Waals surface area contributed by atoms with Crippen molar-refractivity contribution in [2.24, 2.45) is 9.98 Å². The van der Waals surface area contributed by atoms with Gasteiger partial charge in [-0.15, -0.1) is 0 Å². The van der Waals surface area contributed by atoms with Crippen molar-refractivity contribution in [3.05, 3.63) is 0 Å². The summed E-state index contributed by atoms with van der Waals surface area (Å²) in [6, 6.07) is 0. The molecule has 10 heteroatoms. The molecule has 0 bridgehead atoms. The maximum atomic E-state index is 5.39. The van der Waals surface area contributed by atoms with Crippen molar-refractivity contribution < 1.29 is 9.47 Å². The Morgan fingerprint density at radius 2 is 1.54 bits per heavy atom. The van der Waals surface area contributed by atoms with Gasteiger partial charge in [0, 0.05) is 46.3 Å². The molecule has 4 N–H and O–H groups in total. The van der Waals surface area contributed by atoms with E-state index in [1.807, 2.05) is 0 Å². The SMILES string of the molecule is CN=C1NC(=NCCCN2CCOCC2)NC(NCCCN2CCOCC2)N1. The second-order valence-electron chi connectivity index (χ2n) is 7.22. The number of aliphatic imine (C=N–C) groups is 2. The molecule has 10 nitrogen and oxygen atoms in total. The predicted molar refractivity (Wildman–Crippen MR) is 111 cm³/mol. The molecule has 0 spiro atoms. The van der Waals surface area contributed by atoms with Gasteiger partial charge in [-0.05, 0) is 25.9 Å². The van der Waals surface area contributed by atoms with E-state index in [1.165, 1.54) is 0 Å². The minimum absolute atomic E-state index is 0.0670. The van der Waals surface area contributed by atoms with Gasteiger partial charge < -0.3 is 20.1 Å². The molecule has 28 heavy (non-hydrogen) atoms. The van der Waals surface area contributed by atoms with Gasteiger partial charge in [0.1, 0.15) is 0 Å². The molecule has 0 amide bonds. The largest absolute Gasteiger partial charge is 0.379 e. The third-order valence-corrected chi connectivity index (χ3v) is 5.13. The standard InChI is InChI=1S/C18H36N8O2/c1-19-16-22-17(20-4-2-6-25-8-12-27-13-9-25)24-18(23-16)21-5-3-7-26-10-14-28-15-11-26/h17,20H,2-15H2,1H3,(H3,19,21,22,23,24). The van der Waals surface area contributed by atoms with Gasteiger partial charge in [0.2, 0.25) is 5.96 Å². The van der Waals surface area contributed by atoms with Gasteiger partial charge in [-0.3, -0.25) is 30.4 Å². The average Bonchev–Trinajstić information content (AvgIpc) is 2.76. The van der Waals surface area contributed by atoms with Crippen LogP contribution in [0.2, 0.25) is 0 Å². The zero-order valence-electron chi connectivity index (χ0n) is 17.1. The number of nitrogens with one attached hydrogen (secondary N) is 4. The van der Waals surface area contributed by atoms with Crippen LogP contribution in [0.4, 0.5) is 0 Å². The van der Waals surface area contributed by atoms with Crippen molar-refractivity contribution in [2.75, 3.05) is 85.8 Å². The van der Waals surface area contributed by atoms with E-state index < -0.39 is 0 Å². The summed E-state index contributed by atoms with van der Waals surface area (Å²) in [4.78, 5) is 13.8. The molecular weight excluding hydrogens is 360 g/mol. The molecule has 0 saturated carbocycles. The van der Waals surface area contributed by atoms with Gasteiger partial charge in [0.05, 0.1) is 26.4 Å². The molecule has 0 radical (unpaired) electrons. The van der Waals surface area contributed by atoms with Crippen molar-refractivity contribution >= 4 is 11.9 Å². The molecule has 0 aromatic rings. The molecule has 1 unspecified atom stereocenters. The summed E-state index contributed by atoms with van der Waals surface area (Å²) >= 11 is 0. The molecule has 1 atom stereocenters. The molecule has 3 aliphatic heterocycles. The Bertz CT molecular complexity index is 504. The van der Waals surface area contributed by atoms with E-state index in [4.69, 9.17) is 9.47 Å². The molecule has 3 fully saturated rings. The smallest absolute Gasteiger partial charge is 0.200 e. The summed E-state index contributed by atoms with van der Waals surface area (Å²) < 4.78 is 10.8. The Morgan fingerprint density at radius 1 is 0.929 bits per heavy atom. The van der Waals surface area contributed by atoms with E-state index in [2.05, 4.69) is 41.1 Å². The number of ether oxygens (including phenoxy) is 2. The third kappa shape index (κ3) is 7.51. The zero-order chi connectivity index (χ0) is 19.4. The van der Waals surface area contributed by atoms with E-state index in [0.717, 1.165) is 104 Å². The summed E-state index contributed by atoms with van der Waals surface area (Å²) in [7, 11) is 1.77. The normalized spacial score (nSPS) is 27.4. The highest BCUT2D eigenvalue weighted by Gasteiger charge is 2.19. The second-order valence-corrected chi connectivity index (χ2v) is 7.22. The van der Waals surface area contributed by atoms with Crippen LogP contribution < -0.4 is 21.3 Å². The van der Waals surface area contributed by atoms with Gasteiger partial charge >= 0.3 is 0 Å². The van der Waals surface area contributed by atoms with Crippen LogP contribution in [0.3, 0.4) is 0 Å². The number of hydrogen-bond acceptors (Lipinski definition) is 7.